The van der Waals surface area contributed by atoms with Crippen molar-refractivity contribution in [1.82, 2.24) is 20.3 Å². The summed E-state index contributed by atoms with van der Waals surface area (Å²) in [5.74, 6) is 1.79. The smallest absolute Gasteiger partial charge is 0.271 e. The van der Waals surface area contributed by atoms with Gasteiger partial charge in [0.25, 0.3) is 5.91 Å². The summed E-state index contributed by atoms with van der Waals surface area (Å²) in [6, 6.07) is 11.6. The Morgan fingerprint density at radius 2 is 1.86 bits per heavy atom. The number of piperidine rings is 1. The highest BCUT2D eigenvalue weighted by atomic mass is 16.5. The predicted molar refractivity (Wildman–Crippen MR) is 167 cm³/mol. The van der Waals surface area contributed by atoms with Gasteiger partial charge in [-0.05, 0) is 72.1 Å². The second-order valence-electron chi connectivity index (χ2n) is 13.0. The van der Waals surface area contributed by atoms with E-state index in [1.165, 1.54) is 0 Å². The molecule has 2 aliphatic heterocycles. The summed E-state index contributed by atoms with van der Waals surface area (Å²) in [7, 11) is 1.60. The van der Waals surface area contributed by atoms with Crippen molar-refractivity contribution in [2.75, 3.05) is 35.8 Å². The molecule has 2 aliphatic rings. The molecular formula is C32H40N8O3. The van der Waals surface area contributed by atoms with Crippen LogP contribution in [0.1, 0.15) is 59.9 Å². The van der Waals surface area contributed by atoms with Gasteiger partial charge in [0.05, 0.1) is 36.7 Å². The maximum atomic E-state index is 13.0. The number of aromatic nitrogens is 3. The lowest BCUT2D eigenvalue weighted by Crippen LogP contribution is -2.60. The van der Waals surface area contributed by atoms with E-state index in [9.17, 15) is 10.1 Å². The fourth-order valence-corrected chi connectivity index (χ4v) is 6.18. The van der Waals surface area contributed by atoms with Crippen molar-refractivity contribution in [3.63, 3.8) is 0 Å². The molecule has 2 aromatic heterocycles. The van der Waals surface area contributed by atoms with E-state index in [1.807, 2.05) is 18.2 Å². The van der Waals surface area contributed by atoms with Gasteiger partial charge >= 0.3 is 0 Å². The van der Waals surface area contributed by atoms with Gasteiger partial charge in [0.2, 0.25) is 5.95 Å². The molecule has 5 rings (SSSR count). The summed E-state index contributed by atoms with van der Waals surface area (Å²) in [5.41, 5.74) is 1.67. The van der Waals surface area contributed by atoms with Crippen LogP contribution in [0.5, 0.6) is 5.75 Å². The van der Waals surface area contributed by atoms with Crippen LogP contribution in [-0.4, -0.2) is 63.8 Å². The first-order valence-electron chi connectivity index (χ1n) is 14.5. The molecule has 1 fully saturated rings. The van der Waals surface area contributed by atoms with E-state index in [1.54, 1.807) is 50.4 Å². The van der Waals surface area contributed by atoms with E-state index < -0.39 is 5.60 Å². The van der Waals surface area contributed by atoms with Crippen LogP contribution in [0.25, 0.3) is 11.1 Å². The van der Waals surface area contributed by atoms with Crippen LogP contribution in [0.15, 0.2) is 42.7 Å². The molecule has 226 valence electrons. The number of carbonyl (C=O) groups excluding carboxylic acids is 1. The fourth-order valence-electron chi connectivity index (χ4n) is 6.18. The minimum absolute atomic E-state index is 0.0600. The van der Waals surface area contributed by atoms with Crippen LogP contribution in [-0.2, 0) is 9.53 Å². The highest BCUT2D eigenvalue weighted by molar-refractivity contribution is 6.01. The van der Waals surface area contributed by atoms with Crippen LogP contribution in [0.2, 0.25) is 0 Å². The normalized spacial score (nSPS) is 18.7. The third kappa shape index (κ3) is 6.71. The molecule has 3 aromatic rings. The SMILES string of the molecule is COCCN1C(=O)C(C)(C)Oc2cc(Nc3ncc(-c4cccc(C#N)c4)c(NC4CC(C)(C)NC(C)(C)C4)n3)cnc21. The molecule has 0 aliphatic carbocycles. The molecule has 0 atom stereocenters. The Kier molecular flexibility index (Phi) is 8.03. The van der Waals surface area contributed by atoms with Gasteiger partial charge in [0.1, 0.15) is 5.82 Å². The summed E-state index contributed by atoms with van der Waals surface area (Å²) in [5, 5.41) is 20.2. The number of nitriles is 1. The molecule has 0 saturated carbocycles. The average molecular weight is 585 g/mol. The van der Waals surface area contributed by atoms with Crippen molar-refractivity contribution in [3.05, 3.63) is 48.3 Å². The van der Waals surface area contributed by atoms with Gasteiger partial charge in [0.15, 0.2) is 17.2 Å². The number of nitrogens with one attached hydrogen (secondary N) is 3. The Labute approximate surface area is 253 Å². The zero-order chi connectivity index (χ0) is 31.0. The molecule has 43 heavy (non-hydrogen) atoms. The monoisotopic (exact) mass is 584 g/mol. The molecule has 1 aromatic carbocycles. The number of benzene rings is 1. The number of fused-ring (bicyclic) bond motifs is 1. The Bertz CT molecular complexity index is 1550. The number of amides is 1. The van der Waals surface area contributed by atoms with Gasteiger partial charge in [-0.25, -0.2) is 9.97 Å². The number of methoxy groups -OCH3 is 1. The largest absolute Gasteiger partial charge is 0.474 e. The molecular weight excluding hydrogens is 544 g/mol. The molecule has 1 saturated heterocycles. The van der Waals surface area contributed by atoms with Crippen LogP contribution in [0, 0.1) is 11.3 Å². The van der Waals surface area contributed by atoms with Crippen LogP contribution >= 0.6 is 0 Å². The molecule has 0 unspecified atom stereocenters. The number of ether oxygens (including phenoxy) is 2. The summed E-state index contributed by atoms with van der Waals surface area (Å²) < 4.78 is 11.3. The maximum Gasteiger partial charge on any atom is 0.271 e. The second kappa shape index (κ2) is 11.4. The third-order valence-electron chi connectivity index (χ3n) is 7.61. The number of nitrogens with zero attached hydrogens (tertiary/aromatic N) is 5. The summed E-state index contributed by atoms with van der Waals surface area (Å²) in [6.45, 7) is 13.1. The quantitative estimate of drug-likeness (QED) is 0.331. The number of pyridine rings is 1. The van der Waals surface area contributed by atoms with E-state index in [4.69, 9.17) is 14.5 Å². The maximum absolute atomic E-state index is 13.0. The zero-order valence-electron chi connectivity index (χ0n) is 25.9. The first-order valence-corrected chi connectivity index (χ1v) is 14.5. The molecule has 0 radical (unpaired) electrons. The van der Waals surface area contributed by atoms with Gasteiger partial charge < -0.3 is 25.4 Å². The first-order chi connectivity index (χ1) is 20.3. The molecule has 1 amide bonds. The minimum Gasteiger partial charge on any atom is -0.474 e. The molecule has 0 spiro atoms. The summed E-state index contributed by atoms with van der Waals surface area (Å²) >= 11 is 0. The zero-order valence-corrected chi connectivity index (χ0v) is 25.9. The van der Waals surface area contributed by atoms with Crippen molar-refractivity contribution in [3.8, 4) is 22.9 Å². The lowest BCUT2D eigenvalue weighted by molar-refractivity contribution is -0.132. The predicted octanol–water partition coefficient (Wildman–Crippen LogP) is 5.03. The van der Waals surface area contributed by atoms with Crippen molar-refractivity contribution in [2.45, 2.75) is 77.1 Å². The number of hydrogen-bond acceptors (Lipinski definition) is 10. The van der Waals surface area contributed by atoms with Gasteiger partial charge in [-0.15, -0.1) is 0 Å². The standard InChI is InChI=1S/C32H40N8O3/c1-30(2)15-23(16-31(3,4)39-30)36-26-24(21-10-8-9-20(13-21)17-33)19-35-29(38-26)37-22-14-25-27(34-18-22)40(11-12-42-7)28(41)32(5,6)43-25/h8-10,13-14,18-19,23,39H,11-12,15-16H2,1-7H3,(H2,35,36,37,38). The molecule has 4 heterocycles. The van der Waals surface area contributed by atoms with Crippen molar-refractivity contribution >= 4 is 29.2 Å². The van der Waals surface area contributed by atoms with E-state index in [-0.39, 0.29) is 23.0 Å². The molecule has 0 bridgehead atoms. The Morgan fingerprint density at radius 3 is 2.56 bits per heavy atom. The highest BCUT2D eigenvalue weighted by Crippen LogP contribution is 2.38. The van der Waals surface area contributed by atoms with Gasteiger partial charge in [-0.3, -0.25) is 9.69 Å². The second-order valence-corrected chi connectivity index (χ2v) is 13.0. The number of anilines is 4. The lowest BCUT2D eigenvalue weighted by atomic mass is 9.79. The summed E-state index contributed by atoms with van der Waals surface area (Å²) in [6.07, 6.45) is 5.20. The Balaban J connectivity index is 1.48. The molecule has 11 nitrogen and oxygen atoms in total. The van der Waals surface area contributed by atoms with Crippen LogP contribution in [0.4, 0.5) is 23.3 Å². The van der Waals surface area contributed by atoms with Gasteiger partial charge in [-0.1, -0.05) is 12.1 Å². The number of hydrogen-bond donors (Lipinski definition) is 3. The van der Waals surface area contributed by atoms with Crippen molar-refractivity contribution in [2.24, 2.45) is 0 Å². The molecule has 11 heteroatoms. The fraction of sp³-hybridized carbons (Fsp3) is 0.469. The minimum atomic E-state index is -1.05. The van der Waals surface area contributed by atoms with E-state index >= 15 is 0 Å². The molecule has 3 N–H and O–H groups in total. The lowest BCUT2D eigenvalue weighted by Gasteiger charge is -2.46. The summed E-state index contributed by atoms with van der Waals surface area (Å²) in [4.78, 5) is 28.7. The van der Waals surface area contributed by atoms with Crippen molar-refractivity contribution < 1.29 is 14.3 Å². The average Bonchev–Trinajstić information content (AvgIpc) is 2.91. The van der Waals surface area contributed by atoms with Gasteiger partial charge in [-0.2, -0.15) is 10.2 Å². The Morgan fingerprint density at radius 1 is 1.12 bits per heavy atom. The topological polar surface area (TPSA) is 137 Å². The number of carbonyl (C=O) groups is 1. The van der Waals surface area contributed by atoms with E-state index in [2.05, 4.69) is 59.7 Å². The number of rotatable bonds is 8. The van der Waals surface area contributed by atoms with Crippen LogP contribution in [0.3, 0.4) is 0 Å². The van der Waals surface area contributed by atoms with Crippen molar-refractivity contribution in [1.29, 1.82) is 5.26 Å². The van der Waals surface area contributed by atoms with Gasteiger partial charge in [0, 0.05) is 42.1 Å². The first kappa shape index (κ1) is 30.2. The van der Waals surface area contributed by atoms with E-state index in [0.717, 1.165) is 24.0 Å². The highest BCUT2D eigenvalue weighted by Gasteiger charge is 2.42. The Hall–Kier alpha value is -4.27. The van der Waals surface area contributed by atoms with Crippen LogP contribution < -0.4 is 25.6 Å². The third-order valence-corrected chi connectivity index (χ3v) is 7.61. The van der Waals surface area contributed by atoms with E-state index in [0.29, 0.717) is 47.7 Å².